The zero-order valence-corrected chi connectivity index (χ0v) is 14.6. The van der Waals surface area contributed by atoms with Crippen molar-refractivity contribution in [2.75, 3.05) is 4.90 Å². The van der Waals surface area contributed by atoms with Gasteiger partial charge in [-0.2, -0.15) is 0 Å². The molecule has 1 aliphatic heterocycles. The molecule has 2 N–H and O–H groups in total. The summed E-state index contributed by atoms with van der Waals surface area (Å²) < 4.78 is 0. The van der Waals surface area contributed by atoms with Crippen LogP contribution in [0.15, 0.2) is 41.3 Å². The molecule has 0 bridgehead atoms. The van der Waals surface area contributed by atoms with Gasteiger partial charge in [-0.1, -0.05) is 0 Å². The Morgan fingerprint density at radius 1 is 1.24 bits per heavy atom. The van der Waals surface area contributed by atoms with Gasteiger partial charge in [0.1, 0.15) is 5.57 Å². The predicted molar refractivity (Wildman–Crippen MR) is 98.7 cm³/mol. The number of nitrogens with one attached hydrogen (secondary N) is 1. The summed E-state index contributed by atoms with van der Waals surface area (Å²) in [5, 5.41) is 13.3. The van der Waals surface area contributed by atoms with Crippen LogP contribution < -0.4 is 10.2 Å². The molecule has 0 saturated carbocycles. The number of rotatable bonds is 3. The molecule has 1 aromatic carbocycles. The summed E-state index contributed by atoms with van der Waals surface area (Å²) in [6.07, 6.45) is 1.54. The summed E-state index contributed by atoms with van der Waals surface area (Å²) in [6, 6.07) is 7.58. The third kappa shape index (κ3) is 3.21. The van der Waals surface area contributed by atoms with Gasteiger partial charge < -0.3 is 5.11 Å². The zero-order chi connectivity index (χ0) is 18.1. The summed E-state index contributed by atoms with van der Waals surface area (Å²) in [6.45, 7) is 1.89. The molecule has 126 valence electrons. The van der Waals surface area contributed by atoms with Crippen molar-refractivity contribution in [2.24, 2.45) is 0 Å². The van der Waals surface area contributed by atoms with E-state index in [1.807, 2.05) is 18.4 Å². The predicted octanol–water partition coefficient (Wildman–Crippen LogP) is 2.59. The van der Waals surface area contributed by atoms with E-state index in [0.717, 1.165) is 10.4 Å². The first-order valence-corrected chi connectivity index (χ1v) is 8.46. The minimum atomic E-state index is -1.07. The first-order chi connectivity index (χ1) is 11.9. The number of carbonyl (C=O) groups excluding carboxylic acids is 2. The molecule has 8 heteroatoms. The number of thiocarbonyl (C=S) groups is 1. The smallest absolute Gasteiger partial charge is 0.335 e. The number of carboxylic acid groups (broad SMARTS) is 1. The molecule has 1 fully saturated rings. The Bertz CT molecular complexity index is 928. The van der Waals surface area contributed by atoms with Crippen molar-refractivity contribution in [3.8, 4) is 0 Å². The molecule has 2 amide bonds. The van der Waals surface area contributed by atoms with Crippen LogP contribution in [0.1, 0.15) is 20.8 Å². The number of hydrogen-bond donors (Lipinski definition) is 2. The molecule has 6 nitrogen and oxygen atoms in total. The maximum Gasteiger partial charge on any atom is 0.335 e. The van der Waals surface area contributed by atoms with E-state index in [0.29, 0.717) is 5.69 Å². The molecule has 0 spiro atoms. The van der Waals surface area contributed by atoms with Gasteiger partial charge >= 0.3 is 5.97 Å². The molecule has 2 aromatic rings. The second-order valence-corrected chi connectivity index (χ2v) is 6.61. The monoisotopic (exact) mass is 372 g/mol. The Morgan fingerprint density at radius 3 is 2.48 bits per heavy atom. The van der Waals surface area contributed by atoms with Gasteiger partial charge in [-0.3, -0.25) is 19.8 Å². The summed E-state index contributed by atoms with van der Waals surface area (Å²) in [5.41, 5.74) is 1.41. The Hall–Kier alpha value is -2.84. The third-order valence-corrected chi connectivity index (χ3v) is 4.90. The summed E-state index contributed by atoms with van der Waals surface area (Å²) in [4.78, 5) is 37.9. The standard InChI is InChI=1S/C17H12N2O4S2/c1-9-6-7-25-13(9)8-12-14(20)18-17(24)19(15(12)21)11-4-2-10(3-5-11)16(22)23/h2-8H,1H3,(H,22,23)(H,18,20,24)/b12-8+. The third-order valence-electron chi connectivity index (χ3n) is 3.65. The second kappa shape index (κ2) is 6.58. The highest BCUT2D eigenvalue weighted by Crippen LogP contribution is 2.25. The van der Waals surface area contributed by atoms with E-state index >= 15 is 0 Å². The van der Waals surface area contributed by atoms with E-state index < -0.39 is 17.8 Å². The molecule has 0 unspecified atom stereocenters. The number of aromatic carboxylic acids is 1. The molecule has 25 heavy (non-hydrogen) atoms. The second-order valence-electron chi connectivity index (χ2n) is 5.28. The fourth-order valence-electron chi connectivity index (χ4n) is 2.31. The first-order valence-electron chi connectivity index (χ1n) is 7.17. The average Bonchev–Trinajstić information content (AvgIpc) is 2.96. The van der Waals surface area contributed by atoms with Crippen LogP contribution in [0, 0.1) is 6.92 Å². The summed E-state index contributed by atoms with van der Waals surface area (Å²) >= 11 is 6.53. The van der Waals surface area contributed by atoms with Crippen molar-refractivity contribution in [1.82, 2.24) is 5.32 Å². The number of anilines is 1. The van der Waals surface area contributed by atoms with Crippen LogP contribution in [0.5, 0.6) is 0 Å². The lowest BCUT2D eigenvalue weighted by atomic mass is 10.1. The largest absolute Gasteiger partial charge is 0.478 e. The fourth-order valence-corrected chi connectivity index (χ4v) is 3.45. The Labute approximate surface area is 152 Å². The lowest BCUT2D eigenvalue weighted by molar-refractivity contribution is -0.122. The minimum absolute atomic E-state index is 0.0264. The summed E-state index contributed by atoms with van der Waals surface area (Å²) in [5.74, 6) is -2.17. The zero-order valence-electron chi connectivity index (χ0n) is 13.0. The van der Waals surface area contributed by atoms with Crippen molar-refractivity contribution >= 4 is 58.2 Å². The number of amides is 2. The SMILES string of the molecule is Cc1ccsc1/C=C1\C(=O)NC(=S)N(c2ccc(C(=O)O)cc2)C1=O. The molecule has 1 aliphatic rings. The molecule has 0 aliphatic carbocycles. The number of thiophene rings is 1. The van der Waals surface area contributed by atoms with E-state index in [9.17, 15) is 14.4 Å². The van der Waals surface area contributed by atoms with Gasteiger partial charge in [0.25, 0.3) is 11.8 Å². The quantitative estimate of drug-likeness (QED) is 0.491. The molecule has 3 rings (SSSR count). The number of hydrogen-bond acceptors (Lipinski definition) is 5. The number of carboxylic acids is 1. The van der Waals surface area contributed by atoms with Crippen LogP contribution >= 0.6 is 23.6 Å². The Balaban J connectivity index is 1.99. The van der Waals surface area contributed by atoms with Crippen molar-refractivity contribution in [1.29, 1.82) is 0 Å². The minimum Gasteiger partial charge on any atom is -0.478 e. The van der Waals surface area contributed by atoms with Crippen molar-refractivity contribution in [2.45, 2.75) is 6.92 Å². The lowest BCUT2D eigenvalue weighted by Gasteiger charge is -2.28. The maximum absolute atomic E-state index is 12.8. The fraction of sp³-hybridized carbons (Fsp3) is 0.0588. The van der Waals surface area contributed by atoms with Gasteiger partial charge in [-0.15, -0.1) is 11.3 Å². The normalized spacial score (nSPS) is 16.3. The van der Waals surface area contributed by atoms with Crippen molar-refractivity contribution < 1.29 is 19.5 Å². The Morgan fingerprint density at radius 2 is 1.92 bits per heavy atom. The maximum atomic E-state index is 12.8. The summed E-state index contributed by atoms with van der Waals surface area (Å²) in [7, 11) is 0. The molecule has 0 atom stereocenters. The van der Waals surface area contributed by atoms with Crippen molar-refractivity contribution in [3.63, 3.8) is 0 Å². The molecular weight excluding hydrogens is 360 g/mol. The van der Waals surface area contributed by atoms with Crippen LogP contribution in [0.2, 0.25) is 0 Å². The van der Waals surface area contributed by atoms with Gasteiger partial charge in [0.2, 0.25) is 0 Å². The lowest BCUT2D eigenvalue weighted by Crippen LogP contribution is -2.54. The van der Waals surface area contributed by atoms with Gasteiger partial charge in [-0.25, -0.2) is 4.79 Å². The average molecular weight is 372 g/mol. The molecule has 1 aromatic heterocycles. The number of benzene rings is 1. The number of carbonyl (C=O) groups is 3. The van der Waals surface area contributed by atoms with Crippen LogP contribution in [-0.4, -0.2) is 28.0 Å². The highest BCUT2D eigenvalue weighted by molar-refractivity contribution is 7.80. The first kappa shape index (κ1) is 17.0. The van der Waals surface area contributed by atoms with E-state index in [4.69, 9.17) is 17.3 Å². The molecule has 0 radical (unpaired) electrons. The highest BCUT2D eigenvalue weighted by atomic mass is 32.1. The van der Waals surface area contributed by atoms with E-state index in [1.54, 1.807) is 0 Å². The van der Waals surface area contributed by atoms with Crippen LogP contribution in [0.25, 0.3) is 6.08 Å². The van der Waals surface area contributed by atoms with Gasteiger partial charge in [0.15, 0.2) is 5.11 Å². The Kier molecular flexibility index (Phi) is 4.47. The van der Waals surface area contributed by atoms with E-state index in [2.05, 4.69) is 5.32 Å². The molecular formula is C17H12N2O4S2. The topological polar surface area (TPSA) is 86.7 Å². The van der Waals surface area contributed by atoms with Gasteiger partial charge in [-0.05, 0) is 66.5 Å². The van der Waals surface area contributed by atoms with Gasteiger partial charge in [0.05, 0.1) is 11.3 Å². The molecule has 1 saturated heterocycles. The molecule has 2 heterocycles. The number of nitrogens with zero attached hydrogens (tertiary/aromatic N) is 1. The van der Waals surface area contributed by atoms with E-state index in [-0.39, 0.29) is 16.2 Å². The van der Waals surface area contributed by atoms with Gasteiger partial charge in [0, 0.05) is 4.88 Å². The van der Waals surface area contributed by atoms with Crippen LogP contribution in [0.4, 0.5) is 5.69 Å². The van der Waals surface area contributed by atoms with Crippen molar-refractivity contribution in [3.05, 3.63) is 57.3 Å². The number of aryl methyl sites for hydroxylation is 1. The van der Waals surface area contributed by atoms with Crippen LogP contribution in [0.3, 0.4) is 0 Å². The highest BCUT2D eigenvalue weighted by Gasteiger charge is 2.34. The van der Waals surface area contributed by atoms with Crippen LogP contribution in [-0.2, 0) is 9.59 Å². The van der Waals surface area contributed by atoms with E-state index in [1.165, 1.54) is 46.6 Å².